The number of rotatable bonds is 3. The summed E-state index contributed by atoms with van der Waals surface area (Å²) in [5.41, 5.74) is 2.21. The topological polar surface area (TPSA) is 27.0 Å². The largest absolute Gasteiger partial charge is 0.287 e. The third kappa shape index (κ3) is 3.23. The summed E-state index contributed by atoms with van der Waals surface area (Å²) in [6.07, 6.45) is 0. The van der Waals surface area contributed by atoms with E-state index >= 15 is 0 Å². The van der Waals surface area contributed by atoms with Gasteiger partial charge in [-0.15, -0.1) is 0 Å². The Bertz CT molecular complexity index is 382. The van der Waals surface area contributed by atoms with E-state index in [1.54, 1.807) is 0 Å². The molecule has 0 heterocycles. The molecule has 3 heteroatoms. The van der Waals surface area contributed by atoms with Crippen molar-refractivity contribution in [2.75, 3.05) is 7.05 Å². The molecule has 1 rings (SSSR count). The van der Waals surface area contributed by atoms with Crippen LogP contribution in [0.15, 0.2) is 18.2 Å². The van der Waals surface area contributed by atoms with Crippen LogP contribution in [0.4, 0.5) is 0 Å². The Morgan fingerprint density at radius 2 is 2.20 bits per heavy atom. The van der Waals surface area contributed by atoms with Crippen molar-refractivity contribution in [2.24, 2.45) is 0 Å². The molecule has 1 aromatic rings. The lowest BCUT2D eigenvalue weighted by Crippen LogP contribution is -2.27. The molecule has 0 radical (unpaired) electrons. The van der Waals surface area contributed by atoms with E-state index in [9.17, 15) is 0 Å². The van der Waals surface area contributed by atoms with Gasteiger partial charge in [0, 0.05) is 11.6 Å². The summed E-state index contributed by atoms with van der Waals surface area (Å²) in [4.78, 5) is 1.97. The lowest BCUT2D eigenvalue weighted by Gasteiger charge is -2.19. The Labute approximate surface area is 96.1 Å². The van der Waals surface area contributed by atoms with Crippen molar-refractivity contribution < 1.29 is 0 Å². The van der Waals surface area contributed by atoms with Gasteiger partial charge in [0.15, 0.2) is 0 Å². The van der Waals surface area contributed by atoms with Crippen LogP contribution in [-0.4, -0.2) is 18.0 Å². The predicted molar refractivity (Wildman–Crippen MR) is 62.7 cm³/mol. The molecular weight excluding hydrogens is 208 g/mol. The van der Waals surface area contributed by atoms with Gasteiger partial charge in [-0.1, -0.05) is 23.7 Å². The van der Waals surface area contributed by atoms with Gasteiger partial charge < -0.3 is 0 Å². The first kappa shape index (κ1) is 12.0. The Morgan fingerprint density at radius 3 is 2.73 bits per heavy atom. The lowest BCUT2D eigenvalue weighted by molar-refractivity contribution is 0.294. The molecule has 0 saturated carbocycles. The van der Waals surface area contributed by atoms with Crippen molar-refractivity contribution in [3.8, 4) is 6.07 Å². The molecule has 0 saturated heterocycles. The van der Waals surface area contributed by atoms with E-state index in [1.807, 2.05) is 44.0 Å². The number of benzene rings is 1. The monoisotopic (exact) mass is 222 g/mol. The number of hydrogen-bond donors (Lipinski definition) is 0. The number of aryl methyl sites for hydroxylation is 1. The van der Waals surface area contributed by atoms with Crippen LogP contribution < -0.4 is 0 Å². The van der Waals surface area contributed by atoms with Crippen LogP contribution in [-0.2, 0) is 6.54 Å². The molecule has 0 aliphatic carbocycles. The normalized spacial score (nSPS) is 12.5. The minimum Gasteiger partial charge on any atom is -0.287 e. The van der Waals surface area contributed by atoms with Crippen LogP contribution in [0, 0.1) is 18.3 Å². The van der Waals surface area contributed by atoms with Gasteiger partial charge in [0.25, 0.3) is 0 Å². The fourth-order valence-electron chi connectivity index (χ4n) is 1.28. The summed E-state index contributed by atoms with van der Waals surface area (Å²) < 4.78 is 0. The molecule has 0 aliphatic heterocycles. The number of nitriles is 1. The molecular formula is C12H15ClN2. The van der Waals surface area contributed by atoms with Crippen LogP contribution in [0.5, 0.6) is 0 Å². The number of nitrogens with zero attached hydrogens (tertiary/aromatic N) is 2. The van der Waals surface area contributed by atoms with E-state index in [0.29, 0.717) is 6.54 Å². The third-order valence-corrected chi connectivity index (χ3v) is 2.83. The first-order valence-corrected chi connectivity index (χ1v) is 5.27. The summed E-state index contributed by atoms with van der Waals surface area (Å²) >= 11 is 6.11. The molecule has 0 bridgehead atoms. The Morgan fingerprint density at radius 1 is 1.53 bits per heavy atom. The fourth-order valence-corrected chi connectivity index (χ4v) is 1.58. The molecule has 0 aliphatic rings. The zero-order chi connectivity index (χ0) is 11.4. The summed E-state index contributed by atoms with van der Waals surface area (Å²) in [6.45, 7) is 4.59. The molecule has 0 amide bonds. The molecule has 1 unspecified atom stereocenters. The van der Waals surface area contributed by atoms with Gasteiger partial charge in [0.2, 0.25) is 0 Å². The standard InChI is InChI=1S/C12H15ClN2/c1-9-4-5-11(12(13)6-9)8-15(3)10(2)7-14/h4-6,10H,8H2,1-3H3. The van der Waals surface area contributed by atoms with Crippen LogP contribution in [0.1, 0.15) is 18.1 Å². The maximum absolute atomic E-state index is 8.77. The van der Waals surface area contributed by atoms with E-state index in [2.05, 4.69) is 6.07 Å². The van der Waals surface area contributed by atoms with Gasteiger partial charge in [0.1, 0.15) is 0 Å². The summed E-state index contributed by atoms with van der Waals surface area (Å²) in [5.74, 6) is 0. The first-order chi connectivity index (χ1) is 7.04. The van der Waals surface area contributed by atoms with E-state index in [1.165, 1.54) is 0 Å². The predicted octanol–water partition coefficient (Wildman–Crippen LogP) is 2.99. The molecule has 1 aromatic carbocycles. The lowest BCUT2D eigenvalue weighted by atomic mass is 10.1. The van der Waals surface area contributed by atoms with E-state index in [0.717, 1.165) is 16.1 Å². The van der Waals surface area contributed by atoms with Crippen molar-refractivity contribution in [1.29, 1.82) is 5.26 Å². The Balaban J connectivity index is 2.78. The van der Waals surface area contributed by atoms with Gasteiger partial charge in [-0.25, -0.2) is 0 Å². The van der Waals surface area contributed by atoms with Gasteiger partial charge in [-0.3, -0.25) is 4.90 Å². The highest BCUT2D eigenvalue weighted by molar-refractivity contribution is 6.31. The maximum atomic E-state index is 8.77. The summed E-state index contributed by atoms with van der Waals surface area (Å²) in [5, 5.41) is 9.54. The zero-order valence-electron chi connectivity index (χ0n) is 9.29. The van der Waals surface area contributed by atoms with E-state index in [4.69, 9.17) is 16.9 Å². The van der Waals surface area contributed by atoms with Crippen molar-refractivity contribution in [3.05, 3.63) is 34.3 Å². The minimum atomic E-state index is -0.0950. The molecule has 0 fully saturated rings. The highest BCUT2D eigenvalue weighted by Gasteiger charge is 2.09. The molecule has 0 aromatic heterocycles. The SMILES string of the molecule is Cc1ccc(CN(C)C(C)C#N)c(Cl)c1. The van der Waals surface area contributed by atoms with Crippen LogP contribution in [0.2, 0.25) is 5.02 Å². The highest BCUT2D eigenvalue weighted by atomic mass is 35.5. The Kier molecular flexibility index (Phi) is 4.14. The average molecular weight is 223 g/mol. The smallest absolute Gasteiger partial charge is 0.0949 e. The number of hydrogen-bond acceptors (Lipinski definition) is 2. The van der Waals surface area contributed by atoms with Crippen molar-refractivity contribution in [3.63, 3.8) is 0 Å². The number of halogens is 1. The van der Waals surface area contributed by atoms with Gasteiger partial charge in [-0.05, 0) is 38.1 Å². The van der Waals surface area contributed by atoms with Crippen LogP contribution in [0.25, 0.3) is 0 Å². The van der Waals surface area contributed by atoms with Gasteiger partial charge in [0.05, 0.1) is 12.1 Å². The molecule has 0 N–H and O–H groups in total. The first-order valence-electron chi connectivity index (χ1n) is 4.89. The molecule has 80 valence electrons. The average Bonchev–Trinajstić information content (AvgIpc) is 2.20. The third-order valence-electron chi connectivity index (χ3n) is 2.48. The molecule has 15 heavy (non-hydrogen) atoms. The van der Waals surface area contributed by atoms with Crippen molar-refractivity contribution in [1.82, 2.24) is 4.90 Å². The second-order valence-electron chi connectivity index (χ2n) is 3.82. The molecule has 1 atom stereocenters. The van der Waals surface area contributed by atoms with E-state index in [-0.39, 0.29) is 6.04 Å². The summed E-state index contributed by atoms with van der Waals surface area (Å²) in [7, 11) is 1.92. The second-order valence-corrected chi connectivity index (χ2v) is 4.22. The maximum Gasteiger partial charge on any atom is 0.0949 e. The Hall–Kier alpha value is -1.04. The highest BCUT2D eigenvalue weighted by Crippen LogP contribution is 2.19. The molecule has 0 spiro atoms. The van der Waals surface area contributed by atoms with Crippen molar-refractivity contribution in [2.45, 2.75) is 26.4 Å². The van der Waals surface area contributed by atoms with E-state index < -0.39 is 0 Å². The quantitative estimate of drug-likeness (QED) is 0.786. The zero-order valence-corrected chi connectivity index (χ0v) is 10.0. The van der Waals surface area contributed by atoms with Crippen LogP contribution >= 0.6 is 11.6 Å². The van der Waals surface area contributed by atoms with Crippen LogP contribution in [0.3, 0.4) is 0 Å². The van der Waals surface area contributed by atoms with Gasteiger partial charge >= 0.3 is 0 Å². The van der Waals surface area contributed by atoms with Crippen molar-refractivity contribution >= 4 is 11.6 Å². The second kappa shape index (κ2) is 5.16. The van der Waals surface area contributed by atoms with Gasteiger partial charge in [-0.2, -0.15) is 5.26 Å². The molecule has 2 nitrogen and oxygen atoms in total. The minimum absolute atomic E-state index is 0.0950. The fraction of sp³-hybridized carbons (Fsp3) is 0.417. The summed E-state index contributed by atoms with van der Waals surface area (Å²) in [6, 6.07) is 8.10.